The third-order valence-corrected chi connectivity index (χ3v) is 6.93. The number of pyridine rings is 1. The molecule has 3 aromatic rings. The molecule has 2 amide bonds. The van der Waals surface area contributed by atoms with Gasteiger partial charge in [-0.2, -0.15) is 14.6 Å². The van der Waals surface area contributed by atoms with Crippen molar-refractivity contribution in [3.63, 3.8) is 0 Å². The lowest BCUT2D eigenvalue weighted by Crippen LogP contribution is -2.50. The largest absolute Gasteiger partial charge is 0.339 e. The average Bonchev–Trinajstić information content (AvgIpc) is 3.78. The van der Waals surface area contributed by atoms with Crippen LogP contribution in [0.3, 0.4) is 0 Å². The van der Waals surface area contributed by atoms with Gasteiger partial charge in [-0.05, 0) is 69.4 Å². The van der Waals surface area contributed by atoms with Crippen LogP contribution in [0, 0.1) is 23.7 Å². The number of hydrogen-bond donors (Lipinski definition) is 3. The molecule has 0 spiro atoms. The smallest absolute Gasteiger partial charge is 0.270 e. The van der Waals surface area contributed by atoms with Crippen LogP contribution in [0.5, 0.6) is 0 Å². The average molecular weight is 496 g/mol. The van der Waals surface area contributed by atoms with Gasteiger partial charge in [-0.25, -0.2) is 4.68 Å². The number of H-pyrrole nitrogens is 1. The van der Waals surface area contributed by atoms with Gasteiger partial charge in [0.25, 0.3) is 11.5 Å². The van der Waals surface area contributed by atoms with Crippen LogP contribution >= 0.6 is 0 Å². The molecular formula is C25H30FN7O3. The monoisotopic (exact) mass is 495 g/mol. The molecule has 0 saturated heterocycles. The van der Waals surface area contributed by atoms with E-state index in [0.717, 1.165) is 30.4 Å². The van der Waals surface area contributed by atoms with E-state index in [4.69, 9.17) is 0 Å². The Morgan fingerprint density at radius 1 is 1.17 bits per heavy atom. The lowest BCUT2D eigenvalue weighted by atomic mass is 9.88. The summed E-state index contributed by atoms with van der Waals surface area (Å²) in [4.78, 5) is 41.2. The second-order valence-corrected chi connectivity index (χ2v) is 9.98. The number of anilines is 1. The fraction of sp³-hybridized carbons (Fsp3) is 0.480. The number of aromatic amines is 1. The van der Waals surface area contributed by atoms with Gasteiger partial charge >= 0.3 is 0 Å². The zero-order valence-electron chi connectivity index (χ0n) is 20.3. The Morgan fingerprint density at radius 3 is 2.53 bits per heavy atom. The van der Waals surface area contributed by atoms with Gasteiger partial charge < -0.3 is 15.6 Å². The maximum atomic E-state index is 15.1. The van der Waals surface area contributed by atoms with E-state index in [1.54, 1.807) is 29.1 Å². The topological polar surface area (TPSA) is 127 Å². The van der Waals surface area contributed by atoms with Crippen molar-refractivity contribution in [2.45, 2.75) is 58.2 Å². The molecule has 3 aromatic heterocycles. The number of amides is 2. The van der Waals surface area contributed by atoms with E-state index in [0.29, 0.717) is 23.1 Å². The number of hydrogen-bond acceptors (Lipinski definition) is 5. The van der Waals surface area contributed by atoms with E-state index in [-0.39, 0.29) is 35.7 Å². The van der Waals surface area contributed by atoms with E-state index in [9.17, 15) is 14.4 Å². The summed E-state index contributed by atoms with van der Waals surface area (Å²) in [5, 5.41) is 13.8. The molecule has 0 unspecified atom stereocenters. The predicted molar refractivity (Wildman–Crippen MR) is 130 cm³/mol. The van der Waals surface area contributed by atoms with Crippen LogP contribution < -0.4 is 16.2 Å². The molecule has 1 atom stereocenters. The summed E-state index contributed by atoms with van der Waals surface area (Å²) >= 11 is 0. The van der Waals surface area contributed by atoms with Crippen LogP contribution in [0.1, 0.15) is 61.6 Å². The summed E-state index contributed by atoms with van der Waals surface area (Å²) in [5.41, 5.74) is 0.286. The first-order valence-corrected chi connectivity index (χ1v) is 12.4. The van der Waals surface area contributed by atoms with Crippen molar-refractivity contribution in [1.29, 1.82) is 0 Å². The summed E-state index contributed by atoms with van der Waals surface area (Å²) in [6.07, 6.45) is 8.34. The Balaban J connectivity index is 1.37. The Morgan fingerprint density at radius 2 is 1.89 bits per heavy atom. The van der Waals surface area contributed by atoms with Gasteiger partial charge in [0.15, 0.2) is 0 Å². The predicted octanol–water partition coefficient (Wildman–Crippen LogP) is 2.71. The fourth-order valence-electron chi connectivity index (χ4n) is 4.87. The van der Waals surface area contributed by atoms with Gasteiger partial charge in [-0.3, -0.25) is 19.1 Å². The second-order valence-electron chi connectivity index (χ2n) is 9.98. The summed E-state index contributed by atoms with van der Waals surface area (Å²) in [5.74, 6) is -0.901. The van der Waals surface area contributed by atoms with Gasteiger partial charge in [-0.15, -0.1) is 0 Å². The zero-order valence-corrected chi connectivity index (χ0v) is 20.3. The summed E-state index contributed by atoms with van der Waals surface area (Å²) in [6, 6.07) is 4.03. The number of nitrogens with one attached hydrogen (secondary N) is 3. The van der Waals surface area contributed by atoms with Crippen LogP contribution in [0.4, 0.5) is 10.1 Å². The molecular weight excluding hydrogens is 465 g/mol. The molecule has 3 heterocycles. The molecule has 190 valence electrons. The van der Waals surface area contributed by atoms with Crippen molar-refractivity contribution < 1.29 is 14.0 Å². The third kappa shape index (κ3) is 4.95. The summed E-state index contributed by atoms with van der Waals surface area (Å²) in [7, 11) is 0. The van der Waals surface area contributed by atoms with Crippen molar-refractivity contribution in [3.8, 4) is 0 Å². The minimum Gasteiger partial charge on any atom is -0.339 e. The van der Waals surface area contributed by atoms with Crippen molar-refractivity contribution in [1.82, 2.24) is 29.9 Å². The molecule has 2 fully saturated rings. The molecule has 0 aromatic carbocycles. The number of carbonyl (C=O) groups excluding carboxylic acids is 2. The van der Waals surface area contributed by atoms with E-state index in [1.165, 1.54) is 12.4 Å². The van der Waals surface area contributed by atoms with Gasteiger partial charge in [0, 0.05) is 24.0 Å². The first-order valence-electron chi connectivity index (χ1n) is 12.4. The first kappa shape index (κ1) is 24.0. The Hall–Kier alpha value is -3.76. The quantitative estimate of drug-likeness (QED) is 0.399. The van der Waals surface area contributed by atoms with E-state index in [2.05, 4.69) is 25.8 Å². The molecule has 2 saturated carbocycles. The van der Waals surface area contributed by atoms with Crippen LogP contribution in [0.15, 0.2) is 41.6 Å². The maximum absolute atomic E-state index is 15.1. The number of rotatable bonds is 10. The normalized spacial score (nSPS) is 16.4. The lowest BCUT2D eigenvalue weighted by molar-refractivity contribution is -0.119. The highest BCUT2D eigenvalue weighted by molar-refractivity contribution is 6.00. The Kier molecular flexibility index (Phi) is 6.46. The van der Waals surface area contributed by atoms with Crippen LogP contribution in [0.2, 0.25) is 0 Å². The molecule has 2 aliphatic rings. The first-order chi connectivity index (χ1) is 17.3. The Bertz CT molecular complexity index is 1310. The molecule has 10 nitrogen and oxygen atoms in total. The minimum absolute atomic E-state index is 0.00893. The number of carbonyl (C=O) groups is 2. The standard InChI is InChI=1S/C25H30FN7O3/c1-14(2)33-19(9-11-28-33)24(35)31-21(20(15-5-6-15)16-7-8-16)25(36)30-18-12-29-32(22(18)26)13-17-4-3-10-27-23(17)34/h3-4,9-12,14-16,20-21H,5-8,13H2,1-2H3,(H,27,34)(H,30,36)(H,31,35)/t21-/m0/s1. The highest BCUT2D eigenvalue weighted by atomic mass is 19.1. The molecule has 2 aliphatic carbocycles. The number of nitrogens with zero attached hydrogens (tertiary/aromatic N) is 4. The van der Waals surface area contributed by atoms with Crippen molar-refractivity contribution >= 4 is 17.5 Å². The van der Waals surface area contributed by atoms with Crippen LogP contribution in [-0.4, -0.2) is 42.4 Å². The van der Waals surface area contributed by atoms with E-state index >= 15 is 4.39 Å². The maximum Gasteiger partial charge on any atom is 0.270 e. The molecule has 0 radical (unpaired) electrons. The fourth-order valence-corrected chi connectivity index (χ4v) is 4.87. The van der Waals surface area contributed by atoms with Crippen molar-refractivity contribution in [2.75, 3.05) is 5.32 Å². The lowest BCUT2D eigenvalue weighted by Gasteiger charge is -2.27. The third-order valence-electron chi connectivity index (χ3n) is 6.93. The van der Waals surface area contributed by atoms with Gasteiger partial charge in [-0.1, -0.05) is 6.07 Å². The highest BCUT2D eigenvalue weighted by Crippen LogP contribution is 2.51. The number of aromatic nitrogens is 5. The molecule has 0 bridgehead atoms. The molecule has 36 heavy (non-hydrogen) atoms. The molecule has 11 heteroatoms. The van der Waals surface area contributed by atoms with Gasteiger partial charge in [0.2, 0.25) is 11.9 Å². The number of halogens is 1. The van der Waals surface area contributed by atoms with Crippen molar-refractivity contribution in [3.05, 3.63) is 64.3 Å². The van der Waals surface area contributed by atoms with E-state index < -0.39 is 17.9 Å². The van der Waals surface area contributed by atoms with Crippen LogP contribution in [-0.2, 0) is 11.3 Å². The molecule has 0 aliphatic heterocycles. The molecule has 5 rings (SSSR count). The molecule has 3 N–H and O–H groups in total. The minimum atomic E-state index is -0.812. The zero-order chi connectivity index (χ0) is 25.4. The summed E-state index contributed by atoms with van der Waals surface area (Å²) < 4.78 is 17.8. The van der Waals surface area contributed by atoms with Gasteiger partial charge in [0.05, 0.1) is 12.7 Å². The van der Waals surface area contributed by atoms with Crippen molar-refractivity contribution in [2.24, 2.45) is 17.8 Å². The second kappa shape index (κ2) is 9.71. The SMILES string of the molecule is CC(C)n1nccc1C(=O)N[C@H](C(=O)Nc1cnn(Cc2ccc[nH]c2=O)c1F)C(C1CC1)C1CC1. The summed E-state index contributed by atoms with van der Waals surface area (Å²) in [6.45, 7) is 3.77. The van der Waals surface area contributed by atoms with E-state index in [1.807, 2.05) is 13.8 Å². The van der Waals surface area contributed by atoms with Gasteiger partial charge in [0.1, 0.15) is 17.4 Å². The highest BCUT2D eigenvalue weighted by Gasteiger charge is 2.48. The Labute approximate surface area is 207 Å². The van der Waals surface area contributed by atoms with Crippen LogP contribution in [0.25, 0.3) is 0 Å².